The molecule has 2 N–H and O–H groups in total. The number of carbonyl (C=O) groups excluding carboxylic acids is 1. The zero-order valence-corrected chi connectivity index (χ0v) is 14.1. The molecule has 122 valence electrons. The van der Waals surface area contributed by atoms with Crippen molar-refractivity contribution in [1.82, 2.24) is 10.2 Å². The summed E-state index contributed by atoms with van der Waals surface area (Å²) in [6, 6.07) is 8.32. The lowest BCUT2D eigenvalue weighted by Crippen LogP contribution is -2.51. The van der Waals surface area contributed by atoms with E-state index in [0.29, 0.717) is 13.1 Å². The molecule has 0 radical (unpaired) electrons. The van der Waals surface area contributed by atoms with Gasteiger partial charge in [0.2, 0.25) is 0 Å². The maximum atomic E-state index is 12.3. The molecule has 1 saturated heterocycles. The van der Waals surface area contributed by atoms with Crippen LogP contribution in [0.15, 0.2) is 24.3 Å². The number of hydrogen-bond donors (Lipinski definition) is 2. The molecule has 4 nitrogen and oxygen atoms in total. The van der Waals surface area contributed by atoms with Gasteiger partial charge in [-0.1, -0.05) is 50.6 Å². The Morgan fingerprint density at radius 2 is 2.18 bits per heavy atom. The summed E-state index contributed by atoms with van der Waals surface area (Å²) in [4.78, 5) is 14.0. The highest BCUT2D eigenvalue weighted by Crippen LogP contribution is 2.23. The van der Waals surface area contributed by atoms with E-state index < -0.39 is 6.10 Å². The molecule has 2 rings (SSSR count). The Bertz CT molecular complexity index is 528. The number of nitrogens with one attached hydrogen (secondary N) is 1. The maximum absolute atomic E-state index is 12.3. The van der Waals surface area contributed by atoms with Crippen LogP contribution in [0.4, 0.5) is 4.79 Å². The molecule has 0 aliphatic carbocycles. The Balaban J connectivity index is 1.93. The molecule has 1 aliphatic heterocycles. The van der Waals surface area contributed by atoms with Gasteiger partial charge in [-0.25, -0.2) is 4.79 Å². The minimum absolute atomic E-state index is 0.0771. The van der Waals surface area contributed by atoms with Crippen molar-refractivity contribution in [2.75, 3.05) is 19.6 Å². The fourth-order valence-corrected chi connectivity index (χ4v) is 2.81. The van der Waals surface area contributed by atoms with Crippen molar-refractivity contribution in [3.05, 3.63) is 35.4 Å². The van der Waals surface area contributed by atoms with Crippen LogP contribution in [-0.4, -0.2) is 41.8 Å². The van der Waals surface area contributed by atoms with Crippen molar-refractivity contribution < 1.29 is 9.90 Å². The quantitative estimate of drug-likeness (QED) is 0.902. The summed E-state index contributed by atoms with van der Waals surface area (Å²) in [5, 5.41) is 12.9. The van der Waals surface area contributed by atoms with Gasteiger partial charge in [0, 0.05) is 25.0 Å². The number of hydrogen-bond acceptors (Lipinski definition) is 2. The van der Waals surface area contributed by atoms with Crippen LogP contribution in [0.3, 0.4) is 0 Å². The monoisotopic (exact) mass is 304 g/mol. The van der Waals surface area contributed by atoms with Crippen LogP contribution < -0.4 is 5.32 Å². The average molecular weight is 304 g/mol. The molecule has 0 bridgehead atoms. The van der Waals surface area contributed by atoms with Crippen LogP contribution in [-0.2, 0) is 5.41 Å². The summed E-state index contributed by atoms with van der Waals surface area (Å²) < 4.78 is 0. The number of likely N-dealkylation sites (tertiary alicyclic amines) is 1. The Kier molecular flexibility index (Phi) is 5.12. The Morgan fingerprint density at radius 3 is 2.82 bits per heavy atom. The minimum atomic E-state index is -0.413. The first-order valence-electron chi connectivity index (χ1n) is 8.07. The summed E-state index contributed by atoms with van der Waals surface area (Å²) in [5.41, 5.74) is 2.33. The van der Waals surface area contributed by atoms with E-state index in [-0.39, 0.29) is 17.4 Å². The number of benzene rings is 1. The van der Waals surface area contributed by atoms with Crippen molar-refractivity contribution in [3.8, 4) is 0 Å². The van der Waals surface area contributed by atoms with Crippen LogP contribution in [0.5, 0.6) is 0 Å². The molecule has 0 saturated carbocycles. The zero-order valence-electron chi connectivity index (χ0n) is 14.1. The second-order valence-electron chi connectivity index (χ2n) is 7.19. The fourth-order valence-electron chi connectivity index (χ4n) is 2.81. The molecular formula is C18H28N2O2. The van der Waals surface area contributed by atoms with Crippen LogP contribution in [0.2, 0.25) is 0 Å². The number of aryl methyl sites for hydroxylation is 1. The molecule has 2 amide bonds. The van der Waals surface area contributed by atoms with Crippen molar-refractivity contribution >= 4 is 6.03 Å². The number of carbonyl (C=O) groups is 1. The average Bonchev–Trinajstić information content (AvgIpc) is 2.48. The highest BCUT2D eigenvalue weighted by molar-refractivity contribution is 5.74. The molecule has 1 fully saturated rings. The number of urea groups is 1. The van der Waals surface area contributed by atoms with E-state index in [1.165, 1.54) is 11.1 Å². The number of β-amino-alcohol motifs (C(OH)–C–C–N with tert-alkyl or cyclic N) is 1. The molecule has 2 unspecified atom stereocenters. The topological polar surface area (TPSA) is 52.6 Å². The van der Waals surface area contributed by atoms with Gasteiger partial charge in [0.25, 0.3) is 0 Å². The van der Waals surface area contributed by atoms with E-state index in [0.717, 1.165) is 13.0 Å². The molecular weight excluding hydrogens is 276 g/mol. The first-order valence-corrected chi connectivity index (χ1v) is 8.07. The molecule has 0 spiro atoms. The Morgan fingerprint density at radius 1 is 1.45 bits per heavy atom. The van der Waals surface area contributed by atoms with Gasteiger partial charge < -0.3 is 15.3 Å². The third kappa shape index (κ3) is 4.01. The lowest BCUT2D eigenvalue weighted by Gasteiger charge is -2.35. The first kappa shape index (κ1) is 16.8. The van der Waals surface area contributed by atoms with E-state index in [1.54, 1.807) is 4.90 Å². The largest absolute Gasteiger partial charge is 0.391 e. The summed E-state index contributed by atoms with van der Waals surface area (Å²) >= 11 is 0. The number of nitrogens with zero attached hydrogens (tertiary/aromatic N) is 1. The Hall–Kier alpha value is -1.55. The van der Waals surface area contributed by atoms with Gasteiger partial charge in [-0.05, 0) is 24.8 Å². The van der Waals surface area contributed by atoms with Crippen LogP contribution >= 0.6 is 0 Å². The molecule has 0 aromatic heterocycles. The van der Waals surface area contributed by atoms with E-state index >= 15 is 0 Å². The smallest absolute Gasteiger partial charge is 0.317 e. The normalized spacial score (nSPS) is 22.5. The summed E-state index contributed by atoms with van der Waals surface area (Å²) in [5.74, 6) is 0.271. The third-order valence-corrected chi connectivity index (χ3v) is 4.69. The molecule has 2 atom stereocenters. The van der Waals surface area contributed by atoms with Gasteiger partial charge in [0.15, 0.2) is 0 Å². The number of piperidine rings is 1. The number of aliphatic hydroxyl groups excluding tert-OH is 1. The summed E-state index contributed by atoms with van der Waals surface area (Å²) in [6.45, 7) is 10.1. The van der Waals surface area contributed by atoms with Crippen molar-refractivity contribution in [1.29, 1.82) is 0 Å². The molecule has 1 aromatic carbocycles. The Labute approximate surface area is 133 Å². The molecule has 4 heteroatoms. The van der Waals surface area contributed by atoms with E-state index in [9.17, 15) is 9.90 Å². The van der Waals surface area contributed by atoms with E-state index in [2.05, 4.69) is 50.4 Å². The van der Waals surface area contributed by atoms with Gasteiger partial charge in [-0.15, -0.1) is 0 Å². The standard InChI is InChI=1S/C18H28N2O2/c1-13-6-5-7-15(10-13)18(3,4)12-19-17(22)20-9-8-14(2)16(21)11-20/h5-7,10,14,16,21H,8-9,11-12H2,1-4H3,(H,19,22). The van der Waals surface area contributed by atoms with E-state index in [4.69, 9.17) is 0 Å². The van der Waals surface area contributed by atoms with Gasteiger partial charge in [0.05, 0.1) is 6.10 Å². The second-order valence-corrected chi connectivity index (χ2v) is 7.19. The molecule has 1 aliphatic rings. The first-order chi connectivity index (χ1) is 10.3. The lowest BCUT2D eigenvalue weighted by molar-refractivity contribution is 0.0434. The van der Waals surface area contributed by atoms with Crippen LogP contribution in [0.1, 0.15) is 38.3 Å². The third-order valence-electron chi connectivity index (χ3n) is 4.69. The predicted octanol–water partition coefficient (Wildman–Crippen LogP) is 2.68. The number of amides is 2. The van der Waals surface area contributed by atoms with E-state index in [1.807, 2.05) is 6.92 Å². The molecule has 22 heavy (non-hydrogen) atoms. The van der Waals surface area contributed by atoms with Gasteiger partial charge in [0.1, 0.15) is 0 Å². The van der Waals surface area contributed by atoms with Crippen molar-refractivity contribution in [3.63, 3.8) is 0 Å². The van der Waals surface area contributed by atoms with Gasteiger partial charge in [-0.3, -0.25) is 0 Å². The molecule has 1 heterocycles. The predicted molar refractivity (Wildman–Crippen MR) is 89.0 cm³/mol. The maximum Gasteiger partial charge on any atom is 0.317 e. The highest BCUT2D eigenvalue weighted by atomic mass is 16.3. The highest BCUT2D eigenvalue weighted by Gasteiger charge is 2.28. The zero-order chi connectivity index (χ0) is 16.3. The minimum Gasteiger partial charge on any atom is -0.391 e. The fraction of sp³-hybridized carbons (Fsp3) is 0.611. The van der Waals surface area contributed by atoms with Crippen molar-refractivity contribution in [2.45, 2.75) is 45.6 Å². The summed E-state index contributed by atoms with van der Waals surface area (Å²) in [6.07, 6.45) is 0.444. The van der Waals surface area contributed by atoms with Crippen LogP contribution in [0, 0.1) is 12.8 Å². The van der Waals surface area contributed by atoms with Gasteiger partial charge in [-0.2, -0.15) is 0 Å². The van der Waals surface area contributed by atoms with Crippen LogP contribution in [0.25, 0.3) is 0 Å². The lowest BCUT2D eigenvalue weighted by atomic mass is 9.84. The number of aliphatic hydroxyl groups is 1. The molecule has 1 aromatic rings. The summed E-state index contributed by atoms with van der Waals surface area (Å²) in [7, 11) is 0. The SMILES string of the molecule is Cc1cccc(C(C)(C)CNC(=O)N2CCC(C)C(O)C2)c1. The number of rotatable bonds is 3. The van der Waals surface area contributed by atoms with Crippen molar-refractivity contribution in [2.24, 2.45) is 5.92 Å². The van der Waals surface area contributed by atoms with Gasteiger partial charge >= 0.3 is 6.03 Å². The second kappa shape index (κ2) is 6.69.